The predicted octanol–water partition coefficient (Wildman–Crippen LogP) is 3.84. The fourth-order valence-corrected chi connectivity index (χ4v) is 5.69. The van der Waals surface area contributed by atoms with Gasteiger partial charge in [-0.15, -0.1) is 22.7 Å². The summed E-state index contributed by atoms with van der Waals surface area (Å²) in [6.07, 6.45) is 5.68. The number of ether oxygens (including phenoxy) is 1. The molecule has 0 aromatic carbocycles. The highest BCUT2D eigenvalue weighted by Crippen LogP contribution is 2.37. The monoisotopic (exact) mass is 420 g/mol. The number of thiophene rings is 2. The van der Waals surface area contributed by atoms with Crippen LogP contribution in [0.2, 0.25) is 0 Å². The summed E-state index contributed by atoms with van der Waals surface area (Å²) in [4.78, 5) is 39.1. The number of primary amides is 1. The van der Waals surface area contributed by atoms with Gasteiger partial charge in [0, 0.05) is 9.75 Å². The Balaban J connectivity index is 1.63. The Morgan fingerprint density at radius 3 is 2.68 bits per heavy atom. The third-order valence-corrected chi connectivity index (χ3v) is 7.03. The summed E-state index contributed by atoms with van der Waals surface area (Å²) >= 11 is 2.77. The van der Waals surface area contributed by atoms with Crippen molar-refractivity contribution in [3.63, 3.8) is 0 Å². The molecule has 0 radical (unpaired) electrons. The molecule has 0 unspecified atom stereocenters. The van der Waals surface area contributed by atoms with Crippen molar-refractivity contribution in [3.8, 4) is 0 Å². The number of esters is 1. The van der Waals surface area contributed by atoms with Crippen molar-refractivity contribution in [2.75, 3.05) is 11.9 Å². The Bertz CT molecular complexity index is 914. The number of hydrogen-bond acceptors (Lipinski definition) is 6. The Kier molecular flexibility index (Phi) is 6.51. The van der Waals surface area contributed by atoms with E-state index in [0.29, 0.717) is 15.4 Å². The lowest BCUT2D eigenvalue weighted by molar-refractivity contribution is -0.119. The van der Waals surface area contributed by atoms with Gasteiger partial charge >= 0.3 is 5.97 Å². The summed E-state index contributed by atoms with van der Waals surface area (Å²) in [7, 11) is 0. The Morgan fingerprint density at radius 2 is 1.96 bits per heavy atom. The molecule has 1 aliphatic rings. The van der Waals surface area contributed by atoms with Crippen LogP contribution in [0.4, 0.5) is 5.00 Å². The van der Waals surface area contributed by atoms with Crippen molar-refractivity contribution in [2.24, 2.45) is 5.73 Å². The van der Waals surface area contributed by atoms with Crippen molar-refractivity contribution < 1.29 is 19.1 Å². The van der Waals surface area contributed by atoms with Crippen LogP contribution in [0, 0.1) is 6.92 Å². The number of anilines is 1. The van der Waals surface area contributed by atoms with Gasteiger partial charge in [-0.3, -0.25) is 9.59 Å². The number of carbonyl (C=O) groups excluding carboxylic acids is 3. The lowest BCUT2D eigenvalue weighted by atomic mass is 9.95. The van der Waals surface area contributed by atoms with Crippen molar-refractivity contribution in [1.82, 2.24) is 0 Å². The quantitative estimate of drug-likeness (QED) is 0.665. The van der Waals surface area contributed by atoms with Gasteiger partial charge in [0.05, 0.1) is 5.56 Å². The molecule has 2 amide bonds. The van der Waals surface area contributed by atoms with Crippen LogP contribution in [0.25, 0.3) is 0 Å². The van der Waals surface area contributed by atoms with E-state index in [2.05, 4.69) is 12.2 Å². The number of nitrogens with two attached hydrogens (primary N) is 1. The Hall–Kier alpha value is -2.19. The normalized spacial score (nSPS) is 13.1. The van der Waals surface area contributed by atoms with Crippen molar-refractivity contribution in [3.05, 3.63) is 37.4 Å². The predicted molar refractivity (Wildman–Crippen MR) is 111 cm³/mol. The summed E-state index contributed by atoms with van der Waals surface area (Å²) in [5.41, 5.74) is 8.02. The average Bonchev–Trinajstić information content (AvgIpc) is 3.20. The summed E-state index contributed by atoms with van der Waals surface area (Å²) in [5, 5.41) is 3.15. The molecule has 0 saturated heterocycles. The number of rotatable bonds is 7. The molecule has 1 aliphatic carbocycles. The van der Waals surface area contributed by atoms with Gasteiger partial charge < -0.3 is 15.8 Å². The van der Waals surface area contributed by atoms with Gasteiger partial charge in [0.2, 0.25) is 0 Å². The smallest absolute Gasteiger partial charge is 0.348 e. The number of aryl methyl sites for hydroxylation is 3. The zero-order valence-electron chi connectivity index (χ0n) is 16.1. The van der Waals surface area contributed by atoms with Gasteiger partial charge in [-0.25, -0.2) is 4.79 Å². The minimum Gasteiger partial charge on any atom is -0.451 e. The van der Waals surface area contributed by atoms with Gasteiger partial charge in [-0.1, -0.05) is 13.3 Å². The molecule has 6 nitrogen and oxygen atoms in total. The van der Waals surface area contributed by atoms with Gasteiger partial charge in [0.1, 0.15) is 9.88 Å². The molecule has 2 aromatic rings. The maximum atomic E-state index is 12.3. The zero-order valence-corrected chi connectivity index (χ0v) is 17.7. The minimum atomic E-state index is -0.538. The first kappa shape index (κ1) is 20.5. The van der Waals surface area contributed by atoms with Gasteiger partial charge in [-0.05, 0) is 56.2 Å². The molecule has 2 heterocycles. The fraction of sp³-hybridized carbons (Fsp3) is 0.450. The SMILES string of the molecule is CCCc1cc(C(=O)OCC(=O)Nc2sc3c(c2C(N)=O)CCCC3)sc1C. The summed E-state index contributed by atoms with van der Waals surface area (Å²) in [6.45, 7) is 3.66. The van der Waals surface area contributed by atoms with Crippen LogP contribution >= 0.6 is 22.7 Å². The molecule has 28 heavy (non-hydrogen) atoms. The average molecular weight is 421 g/mol. The number of amides is 2. The standard InChI is InChI=1S/C20H24N2O4S2/c1-3-6-12-9-15(27-11(12)2)20(25)26-10-16(23)22-19-17(18(21)24)13-7-4-5-8-14(13)28-19/h9H,3-8,10H2,1-2H3,(H2,21,24)(H,22,23). The summed E-state index contributed by atoms with van der Waals surface area (Å²) in [6, 6.07) is 1.84. The second kappa shape index (κ2) is 8.87. The number of fused-ring (bicyclic) bond motifs is 1. The van der Waals surface area contributed by atoms with Crippen LogP contribution in [0.3, 0.4) is 0 Å². The lowest BCUT2D eigenvalue weighted by Crippen LogP contribution is -2.22. The van der Waals surface area contributed by atoms with Crippen molar-refractivity contribution in [2.45, 2.75) is 52.4 Å². The van der Waals surface area contributed by atoms with E-state index in [0.717, 1.165) is 59.4 Å². The maximum Gasteiger partial charge on any atom is 0.348 e. The molecule has 8 heteroatoms. The zero-order chi connectivity index (χ0) is 20.3. The molecule has 3 N–H and O–H groups in total. The molecule has 0 saturated carbocycles. The summed E-state index contributed by atoms with van der Waals surface area (Å²) in [5.74, 6) is -1.52. The van der Waals surface area contributed by atoms with E-state index in [9.17, 15) is 14.4 Å². The Labute approximate surface area is 172 Å². The highest BCUT2D eigenvalue weighted by atomic mass is 32.1. The van der Waals surface area contributed by atoms with Gasteiger partial charge in [0.15, 0.2) is 6.61 Å². The van der Waals surface area contributed by atoms with Gasteiger partial charge in [-0.2, -0.15) is 0 Å². The first-order valence-corrected chi connectivity index (χ1v) is 11.0. The molecular formula is C20H24N2O4S2. The molecule has 3 rings (SSSR count). The van der Waals surface area contributed by atoms with Crippen LogP contribution in [0.15, 0.2) is 6.07 Å². The highest BCUT2D eigenvalue weighted by molar-refractivity contribution is 7.17. The van der Waals surface area contributed by atoms with E-state index in [-0.39, 0.29) is 0 Å². The molecule has 2 aromatic heterocycles. The molecule has 0 spiro atoms. The van der Waals surface area contributed by atoms with Crippen LogP contribution in [-0.4, -0.2) is 24.4 Å². The van der Waals surface area contributed by atoms with E-state index < -0.39 is 24.4 Å². The van der Waals surface area contributed by atoms with Crippen LogP contribution < -0.4 is 11.1 Å². The molecular weight excluding hydrogens is 396 g/mol. The largest absolute Gasteiger partial charge is 0.451 e. The Morgan fingerprint density at radius 1 is 1.21 bits per heavy atom. The second-order valence-corrected chi connectivity index (χ2v) is 9.21. The first-order chi connectivity index (χ1) is 13.4. The van der Waals surface area contributed by atoms with Crippen LogP contribution in [0.1, 0.15) is 67.1 Å². The second-order valence-electron chi connectivity index (χ2n) is 6.85. The van der Waals surface area contributed by atoms with Crippen LogP contribution in [-0.2, 0) is 28.8 Å². The molecule has 0 atom stereocenters. The lowest BCUT2D eigenvalue weighted by Gasteiger charge is -2.11. The van der Waals surface area contributed by atoms with Crippen molar-refractivity contribution >= 4 is 45.5 Å². The number of hydrogen-bond donors (Lipinski definition) is 2. The first-order valence-electron chi connectivity index (χ1n) is 9.41. The van der Waals surface area contributed by atoms with E-state index in [1.54, 1.807) is 0 Å². The topological polar surface area (TPSA) is 98.5 Å². The number of nitrogens with one attached hydrogen (secondary N) is 1. The van der Waals surface area contributed by atoms with Crippen LogP contribution in [0.5, 0.6) is 0 Å². The van der Waals surface area contributed by atoms with E-state index in [1.165, 1.54) is 22.7 Å². The van der Waals surface area contributed by atoms with Gasteiger partial charge in [0.25, 0.3) is 11.8 Å². The van der Waals surface area contributed by atoms with Crippen molar-refractivity contribution in [1.29, 1.82) is 0 Å². The third-order valence-electron chi connectivity index (χ3n) is 4.75. The minimum absolute atomic E-state index is 0.400. The third kappa shape index (κ3) is 4.44. The van der Waals surface area contributed by atoms with E-state index in [1.807, 2.05) is 13.0 Å². The molecule has 150 valence electrons. The number of carbonyl (C=O) groups is 3. The molecule has 0 aliphatic heterocycles. The maximum absolute atomic E-state index is 12.3. The highest BCUT2D eigenvalue weighted by Gasteiger charge is 2.25. The molecule has 0 fully saturated rings. The summed E-state index contributed by atoms with van der Waals surface area (Å²) < 4.78 is 5.16. The fourth-order valence-electron chi connectivity index (χ4n) is 3.42. The molecule has 0 bridgehead atoms. The van der Waals surface area contributed by atoms with E-state index in [4.69, 9.17) is 10.5 Å². The van der Waals surface area contributed by atoms with E-state index >= 15 is 0 Å².